The summed E-state index contributed by atoms with van der Waals surface area (Å²) >= 11 is 0. The Hall–Kier alpha value is -2.70. The Morgan fingerprint density at radius 1 is 1.40 bits per heavy atom. The monoisotopic (exact) mass is 272 g/mol. The SMILES string of the molecule is CC1(C(=O)O)CC(c2cnn(-c3ccccc3)n2)=NO1. The molecule has 0 spiro atoms. The summed E-state index contributed by atoms with van der Waals surface area (Å²) in [4.78, 5) is 17.5. The number of hydrogen-bond acceptors (Lipinski definition) is 5. The maximum Gasteiger partial charge on any atom is 0.351 e. The number of para-hydroxylation sites is 1. The van der Waals surface area contributed by atoms with Crippen LogP contribution in [0.3, 0.4) is 0 Å². The first-order valence-electron chi connectivity index (χ1n) is 6.05. The molecule has 0 radical (unpaired) electrons. The molecule has 1 unspecified atom stereocenters. The molecule has 0 saturated carbocycles. The van der Waals surface area contributed by atoms with Gasteiger partial charge in [-0.15, -0.1) is 5.10 Å². The van der Waals surface area contributed by atoms with E-state index in [-0.39, 0.29) is 6.42 Å². The second kappa shape index (κ2) is 4.44. The Morgan fingerprint density at radius 2 is 2.15 bits per heavy atom. The van der Waals surface area contributed by atoms with Crippen LogP contribution in [0, 0.1) is 0 Å². The minimum Gasteiger partial charge on any atom is -0.478 e. The molecule has 1 N–H and O–H groups in total. The van der Waals surface area contributed by atoms with Crippen molar-refractivity contribution in [3.05, 3.63) is 42.2 Å². The van der Waals surface area contributed by atoms with Crippen molar-refractivity contribution in [3.63, 3.8) is 0 Å². The third kappa shape index (κ3) is 2.03. The second-order valence-electron chi connectivity index (χ2n) is 4.70. The predicted molar refractivity (Wildman–Crippen MR) is 69.6 cm³/mol. The Morgan fingerprint density at radius 3 is 2.80 bits per heavy atom. The van der Waals surface area contributed by atoms with E-state index in [1.807, 2.05) is 30.3 Å². The fraction of sp³-hybridized carbons (Fsp3) is 0.231. The van der Waals surface area contributed by atoms with Crippen LogP contribution < -0.4 is 0 Å². The lowest BCUT2D eigenvalue weighted by molar-refractivity contribution is -0.160. The maximum atomic E-state index is 11.1. The van der Waals surface area contributed by atoms with Gasteiger partial charge in [-0.1, -0.05) is 23.4 Å². The van der Waals surface area contributed by atoms with Gasteiger partial charge >= 0.3 is 5.97 Å². The Labute approximate surface area is 114 Å². The number of aromatic nitrogens is 3. The van der Waals surface area contributed by atoms with Crippen molar-refractivity contribution in [1.29, 1.82) is 0 Å². The van der Waals surface area contributed by atoms with Crippen molar-refractivity contribution in [1.82, 2.24) is 15.0 Å². The number of aliphatic carboxylic acids is 1. The van der Waals surface area contributed by atoms with Crippen molar-refractivity contribution in [2.45, 2.75) is 18.9 Å². The quantitative estimate of drug-likeness (QED) is 0.907. The van der Waals surface area contributed by atoms with Crippen molar-refractivity contribution < 1.29 is 14.7 Å². The highest BCUT2D eigenvalue weighted by atomic mass is 16.7. The number of oxime groups is 1. The van der Waals surface area contributed by atoms with Crippen LogP contribution in [0.1, 0.15) is 19.0 Å². The first kappa shape index (κ1) is 12.3. The summed E-state index contributed by atoms with van der Waals surface area (Å²) in [7, 11) is 0. The van der Waals surface area contributed by atoms with Crippen molar-refractivity contribution >= 4 is 11.7 Å². The number of hydrogen-bond donors (Lipinski definition) is 1. The number of benzene rings is 1. The fourth-order valence-electron chi connectivity index (χ4n) is 1.87. The van der Waals surface area contributed by atoms with E-state index in [9.17, 15) is 4.79 Å². The van der Waals surface area contributed by atoms with Crippen LogP contribution in [-0.2, 0) is 9.63 Å². The summed E-state index contributed by atoms with van der Waals surface area (Å²) in [6.07, 6.45) is 1.71. The van der Waals surface area contributed by atoms with Crippen LogP contribution in [0.5, 0.6) is 0 Å². The predicted octanol–water partition coefficient (Wildman–Crippen LogP) is 1.23. The van der Waals surface area contributed by atoms with Gasteiger partial charge in [0, 0.05) is 6.42 Å². The summed E-state index contributed by atoms with van der Waals surface area (Å²) in [6.45, 7) is 1.48. The molecular formula is C13H12N4O3. The third-order valence-electron chi connectivity index (χ3n) is 3.09. The first-order valence-corrected chi connectivity index (χ1v) is 6.05. The highest BCUT2D eigenvalue weighted by molar-refractivity contribution is 6.02. The molecule has 7 heteroatoms. The second-order valence-corrected chi connectivity index (χ2v) is 4.70. The van der Waals surface area contributed by atoms with E-state index in [2.05, 4.69) is 15.4 Å². The standard InChI is InChI=1S/C13H12N4O3/c1-13(12(18)19)7-10(16-20-13)11-8-14-17(15-11)9-5-3-2-4-6-9/h2-6,8H,7H2,1H3,(H,18,19). The van der Waals surface area contributed by atoms with E-state index in [1.165, 1.54) is 11.7 Å². The van der Waals surface area contributed by atoms with Crippen LogP contribution in [-0.4, -0.2) is 37.4 Å². The largest absolute Gasteiger partial charge is 0.478 e. The third-order valence-corrected chi connectivity index (χ3v) is 3.09. The zero-order valence-electron chi connectivity index (χ0n) is 10.7. The molecule has 0 aliphatic carbocycles. The zero-order chi connectivity index (χ0) is 14.2. The molecule has 2 heterocycles. The number of carboxylic acids is 1. The highest BCUT2D eigenvalue weighted by Gasteiger charge is 2.43. The Balaban J connectivity index is 1.84. The molecule has 1 aromatic carbocycles. The minimum absolute atomic E-state index is 0.163. The van der Waals surface area contributed by atoms with Gasteiger partial charge in [0.25, 0.3) is 0 Å². The molecule has 7 nitrogen and oxygen atoms in total. The van der Waals surface area contributed by atoms with E-state index < -0.39 is 11.6 Å². The molecule has 1 aliphatic heterocycles. The first-order chi connectivity index (χ1) is 9.58. The summed E-state index contributed by atoms with van der Waals surface area (Å²) in [5.41, 5.74) is 0.487. The lowest BCUT2D eigenvalue weighted by Gasteiger charge is -2.14. The molecule has 1 aliphatic rings. The van der Waals surface area contributed by atoms with Gasteiger partial charge in [-0.25, -0.2) is 4.79 Å². The smallest absolute Gasteiger partial charge is 0.351 e. The van der Waals surface area contributed by atoms with Gasteiger partial charge in [0.05, 0.1) is 11.9 Å². The lowest BCUT2D eigenvalue weighted by atomic mass is 9.99. The van der Waals surface area contributed by atoms with Crippen LogP contribution in [0.25, 0.3) is 5.69 Å². The van der Waals surface area contributed by atoms with Crippen molar-refractivity contribution in [3.8, 4) is 5.69 Å². The van der Waals surface area contributed by atoms with Crippen LogP contribution in [0.15, 0.2) is 41.7 Å². The molecule has 2 aromatic rings. The molecular weight excluding hydrogens is 260 g/mol. The van der Waals surface area contributed by atoms with Crippen molar-refractivity contribution in [2.24, 2.45) is 5.16 Å². The molecule has 3 rings (SSSR count). The highest BCUT2D eigenvalue weighted by Crippen LogP contribution is 2.26. The number of nitrogens with zero attached hydrogens (tertiary/aromatic N) is 4. The topological polar surface area (TPSA) is 89.6 Å². The summed E-state index contributed by atoms with van der Waals surface area (Å²) in [6, 6.07) is 9.42. The summed E-state index contributed by atoms with van der Waals surface area (Å²) in [5, 5.41) is 21.3. The van der Waals surface area contributed by atoms with E-state index >= 15 is 0 Å². The lowest BCUT2D eigenvalue weighted by Crippen LogP contribution is -2.35. The van der Waals surface area contributed by atoms with E-state index in [1.54, 1.807) is 6.20 Å². The molecule has 1 aromatic heterocycles. The van der Waals surface area contributed by atoms with Gasteiger partial charge in [0.2, 0.25) is 5.60 Å². The van der Waals surface area contributed by atoms with Gasteiger partial charge < -0.3 is 9.94 Å². The Kier molecular flexibility index (Phi) is 2.74. The van der Waals surface area contributed by atoms with Crippen LogP contribution in [0.2, 0.25) is 0 Å². The van der Waals surface area contributed by atoms with Crippen LogP contribution in [0.4, 0.5) is 0 Å². The number of carbonyl (C=O) groups is 1. The maximum absolute atomic E-state index is 11.1. The molecule has 0 bridgehead atoms. The van der Waals surface area contributed by atoms with Gasteiger partial charge in [0.1, 0.15) is 11.4 Å². The fourth-order valence-corrected chi connectivity index (χ4v) is 1.87. The normalized spacial score (nSPS) is 21.4. The van der Waals surface area contributed by atoms with Crippen LogP contribution >= 0.6 is 0 Å². The summed E-state index contributed by atoms with van der Waals surface area (Å²) < 4.78 is 0. The number of carboxylic acid groups (broad SMARTS) is 1. The average molecular weight is 272 g/mol. The van der Waals surface area contributed by atoms with Gasteiger partial charge in [-0.2, -0.15) is 9.90 Å². The van der Waals surface area contributed by atoms with E-state index in [0.29, 0.717) is 11.4 Å². The average Bonchev–Trinajstić information content (AvgIpc) is 3.07. The summed E-state index contributed by atoms with van der Waals surface area (Å²) in [5.74, 6) is -1.05. The zero-order valence-corrected chi connectivity index (χ0v) is 10.7. The molecule has 20 heavy (non-hydrogen) atoms. The van der Waals surface area contributed by atoms with Gasteiger partial charge in [-0.3, -0.25) is 0 Å². The molecule has 0 saturated heterocycles. The molecule has 1 atom stereocenters. The Bertz CT molecular complexity index is 680. The van der Waals surface area contributed by atoms with Crippen molar-refractivity contribution in [2.75, 3.05) is 0 Å². The van der Waals surface area contributed by atoms with E-state index in [4.69, 9.17) is 9.94 Å². The van der Waals surface area contributed by atoms with E-state index in [0.717, 1.165) is 5.69 Å². The number of rotatable bonds is 3. The van der Waals surface area contributed by atoms with Gasteiger partial charge in [0.15, 0.2) is 0 Å². The molecule has 102 valence electrons. The molecule has 0 amide bonds. The minimum atomic E-state index is -1.33. The molecule has 0 fully saturated rings. The van der Waals surface area contributed by atoms with Gasteiger partial charge in [-0.05, 0) is 19.1 Å².